The molecule has 14 heavy (non-hydrogen) atoms. The minimum atomic E-state index is 0.549. The van der Waals surface area contributed by atoms with E-state index in [1.165, 1.54) is 24.8 Å². The molecular weight excluding hydrogens is 306 g/mol. The molecule has 1 nitrogen and oxygen atoms in total. The fourth-order valence-corrected chi connectivity index (χ4v) is 2.51. The molecule has 0 spiro atoms. The molecule has 1 aliphatic rings. The lowest BCUT2D eigenvalue weighted by Crippen LogP contribution is -2.26. The summed E-state index contributed by atoms with van der Waals surface area (Å²) in [6.07, 6.45) is 3.91. The monoisotopic (exact) mass is 317 g/mol. The number of piperidine rings is 1. The van der Waals surface area contributed by atoms with Gasteiger partial charge < -0.3 is 5.32 Å². The van der Waals surface area contributed by atoms with Gasteiger partial charge in [0.25, 0.3) is 0 Å². The third-order valence-electron chi connectivity index (χ3n) is 2.66. The van der Waals surface area contributed by atoms with E-state index in [0.29, 0.717) is 6.04 Å². The third kappa shape index (κ3) is 2.38. The van der Waals surface area contributed by atoms with Crippen LogP contribution in [0.2, 0.25) is 0 Å². The number of rotatable bonds is 1. The van der Waals surface area contributed by atoms with Crippen molar-refractivity contribution in [1.29, 1.82) is 0 Å². The van der Waals surface area contributed by atoms with Crippen LogP contribution in [0.25, 0.3) is 0 Å². The molecule has 0 aromatic heterocycles. The van der Waals surface area contributed by atoms with Crippen molar-refractivity contribution in [2.75, 3.05) is 6.54 Å². The topological polar surface area (TPSA) is 12.0 Å². The first-order valence-electron chi connectivity index (χ1n) is 4.96. The average molecular weight is 319 g/mol. The van der Waals surface area contributed by atoms with Gasteiger partial charge in [-0.1, -0.05) is 12.5 Å². The molecule has 0 saturated carbocycles. The number of benzene rings is 1. The molecule has 1 aromatic rings. The maximum Gasteiger partial charge on any atom is 0.0320 e. The van der Waals surface area contributed by atoms with Crippen molar-refractivity contribution in [3.63, 3.8) is 0 Å². The summed E-state index contributed by atoms with van der Waals surface area (Å²) in [6, 6.07) is 7.05. The first-order chi connectivity index (χ1) is 6.77. The van der Waals surface area contributed by atoms with Crippen molar-refractivity contribution in [1.82, 2.24) is 5.32 Å². The van der Waals surface area contributed by atoms with E-state index in [4.69, 9.17) is 0 Å². The van der Waals surface area contributed by atoms with Crippen LogP contribution >= 0.6 is 31.9 Å². The molecule has 1 N–H and O–H groups in total. The largest absolute Gasteiger partial charge is 0.310 e. The van der Waals surface area contributed by atoms with Crippen LogP contribution in [0.3, 0.4) is 0 Å². The van der Waals surface area contributed by atoms with Crippen molar-refractivity contribution in [2.45, 2.75) is 25.3 Å². The first kappa shape index (κ1) is 10.7. The van der Waals surface area contributed by atoms with Gasteiger partial charge in [-0.05, 0) is 68.9 Å². The molecule has 0 amide bonds. The summed E-state index contributed by atoms with van der Waals surface area (Å²) in [6.45, 7) is 1.15. The van der Waals surface area contributed by atoms with Crippen molar-refractivity contribution < 1.29 is 0 Å². The highest BCUT2D eigenvalue weighted by molar-refractivity contribution is 9.13. The zero-order valence-corrected chi connectivity index (χ0v) is 11.1. The number of nitrogens with one attached hydrogen (secondary N) is 1. The van der Waals surface area contributed by atoms with E-state index in [1.807, 2.05) is 0 Å². The second-order valence-corrected chi connectivity index (χ2v) is 5.38. The Morgan fingerprint density at radius 1 is 1.14 bits per heavy atom. The highest BCUT2D eigenvalue weighted by Crippen LogP contribution is 2.29. The summed E-state index contributed by atoms with van der Waals surface area (Å²) in [7, 11) is 0. The molecule has 1 atom stereocenters. The van der Waals surface area contributed by atoms with Gasteiger partial charge in [0, 0.05) is 15.0 Å². The third-order valence-corrected chi connectivity index (χ3v) is 4.54. The normalized spacial score (nSPS) is 22.3. The predicted molar refractivity (Wildman–Crippen MR) is 66.4 cm³/mol. The lowest BCUT2D eigenvalue weighted by atomic mass is 9.98. The molecule has 0 bridgehead atoms. The SMILES string of the molecule is Brc1ccc([C@@H]2CCCCN2)cc1Br. The van der Waals surface area contributed by atoms with Gasteiger partial charge in [-0.25, -0.2) is 0 Å². The second-order valence-electron chi connectivity index (χ2n) is 3.68. The van der Waals surface area contributed by atoms with Gasteiger partial charge in [-0.15, -0.1) is 0 Å². The van der Waals surface area contributed by atoms with E-state index in [1.54, 1.807) is 0 Å². The highest BCUT2D eigenvalue weighted by Gasteiger charge is 2.14. The first-order valence-corrected chi connectivity index (χ1v) is 6.54. The van der Waals surface area contributed by atoms with Crippen LogP contribution in [0.15, 0.2) is 27.1 Å². The summed E-state index contributed by atoms with van der Waals surface area (Å²) in [5, 5.41) is 3.55. The summed E-state index contributed by atoms with van der Waals surface area (Å²) >= 11 is 7.02. The van der Waals surface area contributed by atoms with E-state index in [-0.39, 0.29) is 0 Å². The summed E-state index contributed by atoms with van der Waals surface area (Å²) in [5.74, 6) is 0. The second kappa shape index (κ2) is 4.77. The Balaban J connectivity index is 2.18. The van der Waals surface area contributed by atoms with Crippen LogP contribution < -0.4 is 5.32 Å². The molecule has 76 valence electrons. The van der Waals surface area contributed by atoms with E-state index in [9.17, 15) is 0 Å². The van der Waals surface area contributed by atoms with Crippen LogP contribution in [0.5, 0.6) is 0 Å². The molecule has 1 aromatic carbocycles. The Morgan fingerprint density at radius 2 is 2.00 bits per heavy atom. The Morgan fingerprint density at radius 3 is 2.64 bits per heavy atom. The zero-order chi connectivity index (χ0) is 9.97. The Labute approximate surface area is 102 Å². The standard InChI is InChI=1S/C11H13Br2N/c12-9-5-4-8(7-10(9)13)11-3-1-2-6-14-11/h4-5,7,11,14H,1-3,6H2/t11-/m0/s1. The molecular formula is C11H13Br2N. The van der Waals surface area contributed by atoms with Crippen molar-refractivity contribution in [2.24, 2.45) is 0 Å². The van der Waals surface area contributed by atoms with Gasteiger partial charge in [-0.2, -0.15) is 0 Å². The lowest BCUT2D eigenvalue weighted by molar-refractivity contribution is 0.412. The fraction of sp³-hybridized carbons (Fsp3) is 0.455. The lowest BCUT2D eigenvalue weighted by Gasteiger charge is -2.24. The van der Waals surface area contributed by atoms with Crippen molar-refractivity contribution in [3.05, 3.63) is 32.7 Å². The molecule has 0 radical (unpaired) electrons. The van der Waals surface area contributed by atoms with Gasteiger partial charge >= 0.3 is 0 Å². The summed E-state index contributed by atoms with van der Waals surface area (Å²) in [5.41, 5.74) is 1.39. The molecule has 1 aliphatic heterocycles. The molecule has 1 fully saturated rings. The van der Waals surface area contributed by atoms with Crippen LogP contribution in [0.1, 0.15) is 30.9 Å². The molecule has 2 rings (SSSR count). The maximum atomic E-state index is 3.55. The van der Waals surface area contributed by atoms with Crippen molar-refractivity contribution >= 4 is 31.9 Å². The van der Waals surface area contributed by atoms with Gasteiger partial charge in [0.2, 0.25) is 0 Å². The summed E-state index contributed by atoms with van der Waals surface area (Å²) in [4.78, 5) is 0. The highest BCUT2D eigenvalue weighted by atomic mass is 79.9. The van der Waals surface area contributed by atoms with E-state index in [2.05, 4.69) is 55.4 Å². The van der Waals surface area contributed by atoms with Crippen LogP contribution in [-0.4, -0.2) is 6.54 Å². The Hall–Kier alpha value is 0.140. The van der Waals surface area contributed by atoms with Crippen LogP contribution in [0, 0.1) is 0 Å². The van der Waals surface area contributed by atoms with Crippen molar-refractivity contribution in [3.8, 4) is 0 Å². The van der Waals surface area contributed by atoms with Crippen LogP contribution in [-0.2, 0) is 0 Å². The number of hydrogen-bond acceptors (Lipinski definition) is 1. The van der Waals surface area contributed by atoms with Gasteiger partial charge in [0.1, 0.15) is 0 Å². The predicted octanol–water partition coefficient (Wildman–Crippen LogP) is 4.03. The quantitative estimate of drug-likeness (QED) is 0.824. The van der Waals surface area contributed by atoms with E-state index >= 15 is 0 Å². The molecule has 1 saturated heterocycles. The Kier molecular flexibility index (Phi) is 3.63. The summed E-state index contributed by atoms with van der Waals surface area (Å²) < 4.78 is 2.26. The zero-order valence-electron chi connectivity index (χ0n) is 7.89. The van der Waals surface area contributed by atoms with Gasteiger partial charge in [0.05, 0.1) is 0 Å². The Bertz CT molecular complexity index is 319. The smallest absolute Gasteiger partial charge is 0.0320 e. The van der Waals surface area contributed by atoms with E-state index < -0.39 is 0 Å². The fourth-order valence-electron chi connectivity index (χ4n) is 1.87. The number of halogens is 2. The molecule has 0 aliphatic carbocycles. The van der Waals surface area contributed by atoms with E-state index in [0.717, 1.165) is 15.5 Å². The molecule has 1 heterocycles. The maximum absolute atomic E-state index is 3.55. The number of hydrogen-bond donors (Lipinski definition) is 1. The average Bonchev–Trinajstić information content (AvgIpc) is 2.23. The van der Waals surface area contributed by atoms with Gasteiger partial charge in [0.15, 0.2) is 0 Å². The minimum absolute atomic E-state index is 0.549. The minimum Gasteiger partial charge on any atom is -0.310 e. The molecule has 0 unspecified atom stereocenters. The van der Waals surface area contributed by atoms with Crippen LogP contribution in [0.4, 0.5) is 0 Å². The molecule has 3 heteroatoms. The van der Waals surface area contributed by atoms with Gasteiger partial charge in [-0.3, -0.25) is 0 Å².